The Bertz CT molecular complexity index is 192. The Kier molecular flexibility index (Phi) is 4.00. The van der Waals surface area contributed by atoms with E-state index in [9.17, 15) is 0 Å². The third kappa shape index (κ3) is 3.16. The van der Waals surface area contributed by atoms with E-state index in [0.29, 0.717) is 12.1 Å². The second kappa shape index (κ2) is 5.28. The van der Waals surface area contributed by atoms with Gasteiger partial charge < -0.3 is 15.0 Å². The maximum absolute atomic E-state index is 5.49. The summed E-state index contributed by atoms with van der Waals surface area (Å²) in [5.41, 5.74) is 0. The zero-order valence-corrected chi connectivity index (χ0v) is 10.0. The van der Waals surface area contributed by atoms with Gasteiger partial charge in [0.15, 0.2) is 0 Å². The lowest BCUT2D eigenvalue weighted by atomic mass is 10.1. The Morgan fingerprint density at radius 1 is 1.53 bits per heavy atom. The molecule has 0 aliphatic carbocycles. The van der Waals surface area contributed by atoms with Crippen LogP contribution in [0.4, 0.5) is 0 Å². The lowest BCUT2D eigenvalue weighted by Crippen LogP contribution is -2.45. The van der Waals surface area contributed by atoms with E-state index in [1.807, 2.05) is 0 Å². The zero-order valence-electron chi connectivity index (χ0n) is 10.0. The highest BCUT2D eigenvalue weighted by Gasteiger charge is 2.25. The Morgan fingerprint density at radius 2 is 2.40 bits per heavy atom. The first-order valence-electron chi connectivity index (χ1n) is 6.31. The molecule has 0 amide bonds. The Hall–Kier alpha value is -0.120. The lowest BCUT2D eigenvalue weighted by molar-refractivity contribution is 0.0640. The zero-order chi connectivity index (χ0) is 10.7. The largest absolute Gasteiger partial charge is 0.379 e. The highest BCUT2D eigenvalue weighted by Crippen LogP contribution is 2.20. The highest BCUT2D eigenvalue weighted by atomic mass is 16.5. The van der Waals surface area contributed by atoms with Crippen LogP contribution in [0, 0.1) is 5.92 Å². The van der Waals surface area contributed by atoms with E-state index in [1.54, 1.807) is 0 Å². The van der Waals surface area contributed by atoms with Gasteiger partial charge in [-0.15, -0.1) is 0 Å². The van der Waals surface area contributed by atoms with E-state index in [1.165, 1.54) is 25.9 Å². The van der Waals surface area contributed by atoms with Crippen LogP contribution in [-0.4, -0.2) is 49.8 Å². The Labute approximate surface area is 93.2 Å². The molecule has 2 saturated heterocycles. The first kappa shape index (κ1) is 11.4. The van der Waals surface area contributed by atoms with Gasteiger partial charge in [-0.05, 0) is 32.2 Å². The molecule has 15 heavy (non-hydrogen) atoms. The van der Waals surface area contributed by atoms with Crippen molar-refractivity contribution in [1.82, 2.24) is 10.2 Å². The molecule has 2 aliphatic heterocycles. The summed E-state index contributed by atoms with van der Waals surface area (Å²) in [5.74, 6) is 0.892. The average Bonchev–Trinajstić information content (AvgIpc) is 2.66. The molecule has 2 aliphatic rings. The molecule has 0 aromatic rings. The number of hydrogen-bond donors (Lipinski definition) is 1. The third-order valence-corrected chi connectivity index (χ3v) is 3.70. The maximum Gasteiger partial charge on any atom is 0.0620 e. The van der Waals surface area contributed by atoms with Gasteiger partial charge in [0.1, 0.15) is 0 Å². The summed E-state index contributed by atoms with van der Waals surface area (Å²) in [6.07, 6.45) is 2.60. The van der Waals surface area contributed by atoms with Crippen molar-refractivity contribution in [3.05, 3.63) is 0 Å². The number of morpholine rings is 1. The molecule has 1 N–H and O–H groups in total. The number of nitrogens with one attached hydrogen (secondary N) is 1. The van der Waals surface area contributed by atoms with Crippen LogP contribution in [0.1, 0.15) is 26.7 Å². The Balaban J connectivity index is 1.73. The predicted molar refractivity (Wildman–Crippen MR) is 62.0 cm³/mol. The monoisotopic (exact) mass is 212 g/mol. The van der Waals surface area contributed by atoms with Crippen molar-refractivity contribution in [3.63, 3.8) is 0 Å². The van der Waals surface area contributed by atoms with E-state index in [4.69, 9.17) is 4.74 Å². The van der Waals surface area contributed by atoms with Gasteiger partial charge in [-0.2, -0.15) is 0 Å². The van der Waals surface area contributed by atoms with Crippen molar-refractivity contribution in [1.29, 1.82) is 0 Å². The molecule has 2 heterocycles. The molecule has 0 bridgehead atoms. The van der Waals surface area contributed by atoms with Gasteiger partial charge in [0, 0.05) is 25.2 Å². The van der Waals surface area contributed by atoms with E-state index in [-0.39, 0.29) is 0 Å². The maximum atomic E-state index is 5.49. The molecular formula is C12H24N2O. The molecule has 2 fully saturated rings. The van der Waals surface area contributed by atoms with E-state index >= 15 is 0 Å². The Morgan fingerprint density at radius 3 is 3.00 bits per heavy atom. The van der Waals surface area contributed by atoms with Gasteiger partial charge in [-0.3, -0.25) is 0 Å². The van der Waals surface area contributed by atoms with E-state index < -0.39 is 0 Å². The van der Waals surface area contributed by atoms with E-state index in [2.05, 4.69) is 24.1 Å². The predicted octanol–water partition coefficient (Wildman–Crippen LogP) is 1.10. The molecule has 2 rings (SSSR count). The van der Waals surface area contributed by atoms with Gasteiger partial charge in [0.05, 0.1) is 13.2 Å². The standard InChI is InChI=1S/C12H24N2O/c1-10-3-5-14(8-10)11(2)7-12-9-15-6-4-13-12/h10-13H,3-9H2,1-2H3. The summed E-state index contributed by atoms with van der Waals surface area (Å²) in [7, 11) is 0. The molecule has 3 atom stereocenters. The molecule has 3 nitrogen and oxygen atoms in total. The van der Waals surface area contributed by atoms with Gasteiger partial charge >= 0.3 is 0 Å². The molecule has 0 aromatic carbocycles. The van der Waals surface area contributed by atoms with Crippen molar-refractivity contribution >= 4 is 0 Å². The number of nitrogens with zero attached hydrogens (tertiary/aromatic N) is 1. The minimum absolute atomic E-state index is 0.574. The van der Waals surface area contributed by atoms with Crippen molar-refractivity contribution in [2.24, 2.45) is 5.92 Å². The minimum atomic E-state index is 0.574. The minimum Gasteiger partial charge on any atom is -0.379 e. The molecule has 0 spiro atoms. The van der Waals surface area contributed by atoms with Crippen LogP contribution in [-0.2, 0) is 4.74 Å². The lowest BCUT2D eigenvalue weighted by Gasteiger charge is -2.30. The van der Waals surface area contributed by atoms with Gasteiger partial charge in [0.2, 0.25) is 0 Å². The molecule has 88 valence electrons. The second-order valence-electron chi connectivity index (χ2n) is 5.20. The third-order valence-electron chi connectivity index (χ3n) is 3.70. The summed E-state index contributed by atoms with van der Waals surface area (Å²) in [4.78, 5) is 2.63. The number of hydrogen-bond acceptors (Lipinski definition) is 3. The van der Waals surface area contributed by atoms with Crippen molar-refractivity contribution in [2.45, 2.75) is 38.8 Å². The van der Waals surface area contributed by atoms with Gasteiger partial charge in [-0.25, -0.2) is 0 Å². The fourth-order valence-electron chi connectivity index (χ4n) is 2.70. The first-order chi connectivity index (χ1) is 7.25. The smallest absolute Gasteiger partial charge is 0.0620 e. The summed E-state index contributed by atoms with van der Waals surface area (Å²) in [6, 6.07) is 1.28. The van der Waals surface area contributed by atoms with Crippen molar-refractivity contribution in [2.75, 3.05) is 32.8 Å². The van der Waals surface area contributed by atoms with Crippen LogP contribution in [0.15, 0.2) is 0 Å². The molecule has 0 aromatic heterocycles. The summed E-state index contributed by atoms with van der Waals surface area (Å²) in [6.45, 7) is 10.1. The summed E-state index contributed by atoms with van der Waals surface area (Å²) < 4.78 is 5.49. The van der Waals surface area contributed by atoms with Crippen LogP contribution in [0.3, 0.4) is 0 Å². The van der Waals surface area contributed by atoms with Crippen LogP contribution in [0.2, 0.25) is 0 Å². The molecular weight excluding hydrogens is 188 g/mol. The van der Waals surface area contributed by atoms with Gasteiger partial charge in [-0.1, -0.05) is 6.92 Å². The van der Waals surface area contributed by atoms with E-state index in [0.717, 1.165) is 25.7 Å². The number of likely N-dealkylation sites (tertiary alicyclic amines) is 1. The molecule has 0 radical (unpaired) electrons. The number of rotatable bonds is 3. The van der Waals surface area contributed by atoms with Crippen molar-refractivity contribution in [3.8, 4) is 0 Å². The van der Waals surface area contributed by atoms with Crippen molar-refractivity contribution < 1.29 is 4.74 Å². The summed E-state index contributed by atoms with van der Waals surface area (Å²) in [5, 5.41) is 3.53. The topological polar surface area (TPSA) is 24.5 Å². The first-order valence-corrected chi connectivity index (χ1v) is 6.31. The van der Waals surface area contributed by atoms with Crippen LogP contribution >= 0.6 is 0 Å². The normalized spacial score (nSPS) is 35.6. The fraction of sp³-hybridized carbons (Fsp3) is 1.00. The molecule has 3 unspecified atom stereocenters. The van der Waals surface area contributed by atoms with Crippen LogP contribution in [0.5, 0.6) is 0 Å². The molecule has 3 heteroatoms. The SMILES string of the molecule is CC1CCN(C(C)CC2COCCN2)C1. The number of ether oxygens (including phenoxy) is 1. The second-order valence-corrected chi connectivity index (χ2v) is 5.20. The fourth-order valence-corrected chi connectivity index (χ4v) is 2.70. The van der Waals surface area contributed by atoms with Crippen LogP contribution in [0.25, 0.3) is 0 Å². The van der Waals surface area contributed by atoms with Gasteiger partial charge in [0.25, 0.3) is 0 Å². The summed E-state index contributed by atoms with van der Waals surface area (Å²) >= 11 is 0. The average molecular weight is 212 g/mol. The highest BCUT2D eigenvalue weighted by molar-refractivity contribution is 4.81. The molecule has 0 saturated carbocycles. The van der Waals surface area contributed by atoms with Crippen LogP contribution < -0.4 is 5.32 Å². The quantitative estimate of drug-likeness (QED) is 0.758.